The molecule has 4 rings (SSSR count). The van der Waals surface area contributed by atoms with Crippen molar-refractivity contribution >= 4 is 16.1 Å². The van der Waals surface area contributed by atoms with Crippen molar-refractivity contribution in [3.8, 4) is 0 Å². The molecule has 384 valence electrons. The van der Waals surface area contributed by atoms with Gasteiger partial charge in [0.2, 0.25) is 0 Å². The minimum atomic E-state index is -4.00. The molecular weight excluding hydrogens is 879 g/mol. The summed E-state index contributed by atoms with van der Waals surface area (Å²) >= 11 is 0. The first-order valence-corrected chi connectivity index (χ1v) is 25.0. The first-order chi connectivity index (χ1) is 30.5. The largest absolute Gasteiger partial charge is 0.459 e. The summed E-state index contributed by atoms with van der Waals surface area (Å²) in [5.74, 6) is -2.66. The lowest BCUT2D eigenvalue weighted by molar-refractivity contribution is -0.336. The fourth-order valence-electron chi connectivity index (χ4n) is 9.80. The minimum Gasteiger partial charge on any atom is -0.459 e. The number of esters is 1. The fourth-order valence-corrected chi connectivity index (χ4v) is 10.3. The smallest absolute Gasteiger partial charge is 0.311 e. The molecule has 1 aromatic rings. The van der Waals surface area contributed by atoms with E-state index in [0.29, 0.717) is 19.5 Å². The summed E-state index contributed by atoms with van der Waals surface area (Å²) in [5, 5.41) is 65.8. The van der Waals surface area contributed by atoms with Crippen LogP contribution in [0.15, 0.2) is 35.2 Å². The number of cyclic esters (lactones) is 1. The number of likely N-dealkylation sites (N-methyl/N-ethyl adjacent to an activating group) is 1. The molecule has 0 spiro atoms. The third-order valence-corrected chi connectivity index (χ3v) is 14.9. The van der Waals surface area contributed by atoms with Gasteiger partial charge in [-0.25, -0.2) is 0 Å². The molecule has 19 heteroatoms. The van der Waals surface area contributed by atoms with Crippen molar-refractivity contribution < 1.29 is 71.7 Å². The van der Waals surface area contributed by atoms with Crippen LogP contribution in [-0.2, 0) is 43.3 Å². The van der Waals surface area contributed by atoms with E-state index in [1.807, 2.05) is 53.6 Å². The van der Waals surface area contributed by atoms with Gasteiger partial charge in [0.05, 0.1) is 40.8 Å². The summed E-state index contributed by atoms with van der Waals surface area (Å²) in [6.45, 7) is 20.9. The SMILES string of the molecule is CCCNC[C@]1(O)[C@H](C)O[C@@H](O[C@H]2[C@H](C)[C@@H](O[C@@H]3O[C@H](C)C[C@H](N(C)C)[C@H]3O)[C@](C)(O)C[C@@H](C)CN[C@H](C)[C@@H](O)[C@](C)(O)[C@@H](CC)OC(=O)[C@@H]2C)C[C@@]1(C)OC.O=S(=O)(O)c1ccccc1. The summed E-state index contributed by atoms with van der Waals surface area (Å²) in [7, 11) is 1.30. The van der Waals surface area contributed by atoms with Gasteiger partial charge in [-0.1, -0.05) is 45.9 Å². The molecule has 0 radical (unpaired) electrons. The highest BCUT2D eigenvalue weighted by molar-refractivity contribution is 7.85. The van der Waals surface area contributed by atoms with Gasteiger partial charge < -0.3 is 69.5 Å². The molecule has 0 aliphatic carbocycles. The zero-order chi connectivity index (χ0) is 50.2. The van der Waals surface area contributed by atoms with Gasteiger partial charge in [-0.05, 0) is 119 Å². The number of nitrogens with zero attached hydrogens (tertiary/aromatic N) is 1. The second-order valence-corrected chi connectivity index (χ2v) is 21.4. The van der Waals surface area contributed by atoms with E-state index in [1.54, 1.807) is 52.8 Å². The van der Waals surface area contributed by atoms with Crippen molar-refractivity contribution in [2.75, 3.05) is 40.8 Å². The topological polar surface area (TPSA) is 255 Å². The number of ether oxygens (including phenoxy) is 6. The summed E-state index contributed by atoms with van der Waals surface area (Å²) < 4.78 is 67.5. The number of benzene rings is 1. The number of aliphatic hydroxyl groups excluding tert-OH is 2. The predicted molar refractivity (Wildman–Crippen MR) is 248 cm³/mol. The maximum atomic E-state index is 14.3. The molecular formula is C47H85N3O15S. The molecule has 3 aliphatic rings. The van der Waals surface area contributed by atoms with E-state index in [0.717, 1.165) is 6.42 Å². The highest BCUT2D eigenvalue weighted by Crippen LogP contribution is 2.43. The lowest BCUT2D eigenvalue weighted by Crippen LogP contribution is -2.70. The third kappa shape index (κ3) is 14.3. The molecule has 1 aromatic carbocycles. The van der Waals surface area contributed by atoms with Gasteiger partial charge in [-0.2, -0.15) is 8.42 Å². The monoisotopic (exact) mass is 964 g/mol. The first kappa shape index (κ1) is 58.4. The van der Waals surface area contributed by atoms with Crippen molar-refractivity contribution in [1.29, 1.82) is 0 Å². The van der Waals surface area contributed by atoms with E-state index in [9.17, 15) is 38.7 Å². The number of nitrogens with one attached hydrogen (secondary N) is 2. The van der Waals surface area contributed by atoms with Crippen LogP contribution in [0.3, 0.4) is 0 Å². The zero-order valence-corrected chi connectivity index (χ0v) is 42.7. The quantitative estimate of drug-likeness (QED) is 0.0852. The summed E-state index contributed by atoms with van der Waals surface area (Å²) in [4.78, 5) is 16.2. The summed E-state index contributed by atoms with van der Waals surface area (Å²) in [5.41, 5.74) is -5.95. The second-order valence-electron chi connectivity index (χ2n) is 20.0. The Morgan fingerprint density at radius 2 is 1.56 bits per heavy atom. The van der Waals surface area contributed by atoms with E-state index < -0.39 is 106 Å². The van der Waals surface area contributed by atoms with E-state index >= 15 is 0 Å². The number of methoxy groups -OCH3 is 1. The lowest BCUT2D eigenvalue weighted by Gasteiger charge is -2.53. The number of aliphatic hydroxyl groups is 5. The van der Waals surface area contributed by atoms with Crippen LogP contribution in [-0.4, -0.2) is 180 Å². The van der Waals surface area contributed by atoms with E-state index in [4.69, 9.17) is 33.0 Å². The molecule has 3 saturated heterocycles. The summed E-state index contributed by atoms with van der Waals surface area (Å²) in [6, 6.07) is 6.55. The van der Waals surface area contributed by atoms with Gasteiger partial charge >= 0.3 is 5.97 Å². The Kier molecular flexibility index (Phi) is 21.5. The Labute approximate surface area is 394 Å². The van der Waals surface area contributed by atoms with E-state index in [2.05, 4.69) is 10.6 Å². The number of hydrogen-bond acceptors (Lipinski definition) is 17. The first-order valence-electron chi connectivity index (χ1n) is 23.5. The maximum absolute atomic E-state index is 14.3. The maximum Gasteiger partial charge on any atom is 0.311 e. The lowest BCUT2D eigenvalue weighted by atomic mass is 9.75. The Balaban J connectivity index is 0.00000102. The van der Waals surface area contributed by atoms with Crippen molar-refractivity contribution in [1.82, 2.24) is 15.5 Å². The number of hydrogen-bond donors (Lipinski definition) is 8. The molecule has 3 fully saturated rings. The standard InChI is InChI=1S/C41H79N3O12.C6H6O3S/c1-15-17-42-22-41(50)28(8)53-31(20-39(41,10)51-14)55-33-25(5)35(56-37-32(45)29(44(12)13)18-24(4)52-37)38(9,48)19-23(3)21-43-27(7)34(46)40(11,49)30(16-2)54-36(47)26(33)6;7-10(8,9)6-4-2-1-3-5-6/h23-35,37,42-43,45-46,48-50H,15-22H2,1-14H3;1-5H,(H,7,8,9)/t23-,24-,25+,26-,27-,28+,29+,30-,31+,32-,33+,34-,35-,37+,38-,39-,40-,41+;/m1./s1. The van der Waals surface area contributed by atoms with E-state index in [-0.39, 0.29) is 48.8 Å². The van der Waals surface area contributed by atoms with Crippen molar-refractivity contribution in [2.24, 2.45) is 17.8 Å². The Bertz CT molecular complexity index is 1740. The average Bonchev–Trinajstić information content (AvgIpc) is 3.24. The molecule has 8 N–H and O–H groups in total. The summed E-state index contributed by atoms with van der Waals surface area (Å²) in [6.07, 6.45) is -6.71. The molecule has 0 bridgehead atoms. The highest BCUT2D eigenvalue weighted by atomic mass is 32.2. The molecule has 0 amide bonds. The molecule has 0 saturated carbocycles. The van der Waals surface area contributed by atoms with Crippen molar-refractivity contribution in [2.45, 2.75) is 203 Å². The van der Waals surface area contributed by atoms with Crippen LogP contribution in [0, 0.1) is 17.8 Å². The molecule has 0 aromatic heterocycles. The van der Waals surface area contributed by atoms with Gasteiger partial charge in [0, 0.05) is 38.1 Å². The van der Waals surface area contributed by atoms with Gasteiger partial charge in [-0.3, -0.25) is 9.35 Å². The molecule has 3 heterocycles. The molecule has 18 atom stereocenters. The molecule has 0 unspecified atom stereocenters. The van der Waals surface area contributed by atoms with Crippen molar-refractivity contribution in [3.63, 3.8) is 0 Å². The van der Waals surface area contributed by atoms with Crippen molar-refractivity contribution in [3.05, 3.63) is 30.3 Å². The second kappa shape index (κ2) is 24.3. The molecule has 18 nitrogen and oxygen atoms in total. The van der Waals surface area contributed by atoms with Gasteiger partial charge in [0.25, 0.3) is 10.1 Å². The van der Waals surface area contributed by atoms with Crippen LogP contribution in [0.5, 0.6) is 0 Å². The van der Waals surface area contributed by atoms with Crippen LogP contribution in [0.2, 0.25) is 0 Å². The molecule has 3 aliphatic heterocycles. The van der Waals surface area contributed by atoms with Gasteiger partial charge in [0.1, 0.15) is 35.1 Å². The van der Waals surface area contributed by atoms with Crippen LogP contribution >= 0.6 is 0 Å². The zero-order valence-electron chi connectivity index (χ0n) is 41.8. The average molecular weight is 964 g/mol. The third-order valence-electron chi connectivity index (χ3n) is 14.1. The minimum absolute atomic E-state index is 0.0741. The number of rotatable bonds is 12. The Hall–Kier alpha value is -1.92. The number of carbonyl (C=O) groups excluding carboxylic acids is 1. The normalized spacial score (nSPS) is 42.3. The van der Waals surface area contributed by atoms with Gasteiger partial charge in [-0.15, -0.1) is 0 Å². The van der Waals surface area contributed by atoms with Crippen LogP contribution in [0.25, 0.3) is 0 Å². The highest BCUT2D eigenvalue weighted by Gasteiger charge is 2.58. The Morgan fingerprint density at radius 3 is 2.09 bits per heavy atom. The van der Waals surface area contributed by atoms with Crippen LogP contribution in [0.1, 0.15) is 108 Å². The Morgan fingerprint density at radius 1 is 0.939 bits per heavy atom. The molecule has 66 heavy (non-hydrogen) atoms. The fraction of sp³-hybridized carbons (Fsp3) is 0.851. The van der Waals surface area contributed by atoms with Crippen LogP contribution in [0.4, 0.5) is 0 Å². The number of carbonyl (C=O) groups is 1. The van der Waals surface area contributed by atoms with Gasteiger partial charge in [0.15, 0.2) is 12.6 Å². The predicted octanol–water partition coefficient (Wildman–Crippen LogP) is 2.86. The van der Waals surface area contributed by atoms with Crippen LogP contribution < -0.4 is 10.6 Å². The van der Waals surface area contributed by atoms with E-state index in [1.165, 1.54) is 26.2 Å².